The van der Waals surface area contributed by atoms with Gasteiger partial charge in [-0.2, -0.15) is 5.10 Å². The van der Waals surface area contributed by atoms with Crippen molar-refractivity contribution < 1.29 is 0 Å². The average Bonchev–Trinajstić information content (AvgIpc) is 1.83. The van der Waals surface area contributed by atoms with Gasteiger partial charge in [0.15, 0.2) is 0 Å². The van der Waals surface area contributed by atoms with Crippen LogP contribution < -0.4 is 5.43 Å². The maximum atomic E-state index is 3.80. The van der Waals surface area contributed by atoms with Gasteiger partial charge in [0.1, 0.15) is 0 Å². The Bertz CT molecular complexity index is 86.5. The Morgan fingerprint density at radius 2 is 2.38 bits per heavy atom. The van der Waals surface area contributed by atoms with E-state index < -0.39 is 0 Å². The van der Waals surface area contributed by atoms with Crippen molar-refractivity contribution in [1.82, 2.24) is 5.43 Å². The Morgan fingerprint density at radius 1 is 1.75 bits per heavy atom. The fraction of sp³-hybridized carbons (Fsp3) is 0.500. The van der Waals surface area contributed by atoms with Crippen LogP contribution in [0.4, 0.5) is 0 Å². The van der Waals surface area contributed by atoms with Gasteiger partial charge in [-0.15, -0.1) is 6.58 Å². The van der Waals surface area contributed by atoms with E-state index in [9.17, 15) is 0 Å². The number of nitrogens with one attached hydrogen (secondary N) is 1. The lowest BCUT2D eigenvalue weighted by Gasteiger charge is -2.01. The molecule has 0 saturated carbocycles. The van der Waals surface area contributed by atoms with Gasteiger partial charge in [0.25, 0.3) is 0 Å². The highest BCUT2D eigenvalue weighted by molar-refractivity contribution is 5.52. The quantitative estimate of drug-likeness (QED) is 0.330. The fourth-order valence-electron chi connectivity index (χ4n) is 0.245. The summed E-state index contributed by atoms with van der Waals surface area (Å²) in [4.78, 5) is 0. The van der Waals surface area contributed by atoms with Gasteiger partial charge in [-0.05, 0) is 13.8 Å². The monoisotopic (exact) mass is 112 g/mol. The molecular formula is C6H12N2. The summed E-state index contributed by atoms with van der Waals surface area (Å²) < 4.78 is 0. The first-order valence-electron chi connectivity index (χ1n) is 2.67. The molecule has 0 aromatic heterocycles. The number of hydrogen-bond acceptors (Lipinski definition) is 2. The van der Waals surface area contributed by atoms with E-state index in [1.54, 1.807) is 12.3 Å². The smallest absolute Gasteiger partial charge is 0.0589 e. The van der Waals surface area contributed by atoms with Crippen LogP contribution in [-0.2, 0) is 0 Å². The van der Waals surface area contributed by atoms with Gasteiger partial charge in [-0.1, -0.05) is 6.08 Å². The van der Waals surface area contributed by atoms with Crippen molar-refractivity contribution in [2.24, 2.45) is 5.10 Å². The molecule has 0 aliphatic heterocycles. The van der Waals surface area contributed by atoms with Crippen molar-refractivity contribution in [2.75, 3.05) is 0 Å². The second-order valence-electron chi connectivity index (χ2n) is 1.54. The van der Waals surface area contributed by atoms with Crippen LogP contribution in [0, 0.1) is 0 Å². The Kier molecular flexibility index (Phi) is 3.94. The molecule has 0 bridgehead atoms. The minimum atomic E-state index is 0.270. The van der Waals surface area contributed by atoms with E-state index in [1.165, 1.54) is 0 Å². The number of hydrogen-bond donors (Lipinski definition) is 1. The maximum absolute atomic E-state index is 3.80. The zero-order valence-electron chi connectivity index (χ0n) is 5.39. The number of rotatable bonds is 3. The van der Waals surface area contributed by atoms with Crippen molar-refractivity contribution in [1.29, 1.82) is 0 Å². The molecule has 1 unspecified atom stereocenters. The van der Waals surface area contributed by atoms with E-state index in [0.717, 1.165) is 0 Å². The van der Waals surface area contributed by atoms with Crippen LogP contribution in [0.15, 0.2) is 17.8 Å². The molecule has 0 rings (SSSR count). The van der Waals surface area contributed by atoms with Crippen LogP contribution in [0.1, 0.15) is 13.8 Å². The third kappa shape index (κ3) is 3.40. The molecule has 0 aromatic carbocycles. The molecular weight excluding hydrogens is 100 g/mol. The average molecular weight is 112 g/mol. The van der Waals surface area contributed by atoms with Gasteiger partial charge in [0.2, 0.25) is 0 Å². The summed E-state index contributed by atoms with van der Waals surface area (Å²) in [5.74, 6) is 0. The zero-order chi connectivity index (χ0) is 6.41. The molecule has 0 amide bonds. The lowest BCUT2D eigenvalue weighted by atomic mass is 10.4. The molecule has 46 valence electrons. The van der Waals surface area contributed by atoms with E-state index in [4.69, 9.17) is 0 Å². The normalized spacial score (nSPS) is 13.8. The van der Waals surface area contributed by atoms with Crippen LogP contribution in [0.5, 0.6) is 0 Å². The summed E-state index contributed by atoms with van der Waals surface area (Å²) in [6.45, 7) is 7.43. The molecule has 0 aliphatic rings. The van der Waals surface area contributed by atoms with Gasteiger partial charge in [-0.25, -0.2) is 0 Å². The Labute approximate surface area is 50.3 Å². The van der Waals surface area contributed by atoms with Crippen LogP contribution in [0.3, 0.4) is 0 Å². The van der Waals surface area contributed by atoms with Gasteiger partial charge in [0.05, 0.1) is 6.04 Å². The molecule has 0 aliphatic carbocycles. The minimum absolute atomic E-state index is 0.270. The molecule has 1 atom stereocenters. The molecule has 0 fully saturated rings. The van der Waals surface area contributed by atoms with E-state index in [0.29, 0.717) is 0 Å². The van der Waals surface area contributed by atoms with E-state index in [1.807, 2.05) is 13.8 Å². The van der Waals surface area contributed by atoms with Gasteiger partial charge >= 0.3 is 0 Å². The summed E-state index contributed by atoms with van der Waals surface area (Å²) in [7, 11) is 0. The zero-order valence-corrected chi connectivity index (χ0v) is 5.39. The first-order valence-corrected chi connectivity index (χ1v) is 2.67. The Balaban J connectivity index is 3.23. The summed E-state index contributed by atoms with van der Waals surface area (Å²) >= 11 is 0. The number of hydrazone groups is 1. The summed E-state index contributed by atoms with van der Waals surface area (Å²) in [6, 6.07) is 0.270. The van der Waals surface area contributed by atoms with Crippen LogP contribution in [-0.4, -0.2) is 12.3 Å². The van der Waals surface area contributed by atoms with E-state index in [2.05, 4.69) is 17.1 Å². The Morgan fingerprint density at radius 3 is 2.75 bits per heavy atom. The highest BCUT2D eigenvalue weighted by Crippen LogP contribution is 1.77. The molecule has 0 aromatic rings. The molecule has 1 N–H and O–H groups in total. The minimum Gasteiger partial charge on any atom is -0.304 e. The van der Waals surface area contributed by atoms with Crippen LogP contribution in [0.25, 0.3) is 0 Å². The SMILES string of the molecule is C=CC(C)NN=CC. The van der Waals surface area contributed by atoms with Crippen molar-refractivity contribution in [3.8, 4) is 0 Å². The topological polar surface area (TPSA) is 24.4 Å². The highest BCUT2D eigenvalue weighted by atomic mass is 15.3. The first-order chi connectivity index (χ1) is 3.81. The van der Waals surface area contributed by atoms with Crippen molar-refractivity contribution in [2.45, 2.75) is 19.9 Å². The first kappa shape index (κ1) is 7.21. The lowest BCUT2D eigenvalue weighted by Crippen LogP contribution is -2.16. The second kappa shape index (κ2) is 4.37. The van der Waals surface area contributed by atoms with Gasteiger partial charge in [0, 0.05) is 6.21 Å². The van der Waals surface area contributed by atoms with Crippen LogP contribution in [0.2, 0.25) is 0 Å². The lowest BCUT2D eigenvalue weighted by molar-refractivity contribution is 0.675. The summed E-state index contributed by atoms with van der Waals surface area (Å²) in [6.07, 6.45) is 3.51. The maximum Gasteiger partial charge on any atom is 0.0589 e. The van der Waals surface area contributed by atoms with Crippen molar-refractivity contribution in [3.05, 3.63) is 12.7 Å². The molecule has 0 heterocycles. The predicted octanol–water partition coefficient (Wildman–Crippen LogP) is 1.16. The molecule has 2 nitrogen and oxygen atoms in total. The van der Waals surface area contributed by atoms with Gasteiger partial charge < -0.3 is 5.43 Å². The Hall–Kier alpha value is -0.790. The summed E-state index contributed by atoms with van der Waals surface area (Å²) in [5.41, 5.74) is 2.83. The second-order valence-corrected chi connectivity index (χ2v) is 1.54. The number of nitrogens with zero attached hydrogens (tertiary/aromatic N) is 1. The third-order valence-corrected chi connectivity index (χ3v) is 0.761. The fourth-order valence-corrected chi connectivity index (χ4v) is 0.245. The van der Waals surface area contributed by atoms with E-state index >= 15 is 0 Å². The van der Waals surface area contributed by atoms with Crippen molar-refractivity contribution in [3.63, 3.8) is 0 Å². The third-order valence-electron chi connectivity index (χ3n) is 0.761. The highest BCUT2D eigenvalue weighted by Gasteiger charge is 1.85. The molecule has 8 heavy (non-hydrogen) atoms. The van der Waals surface area contributed by atoms with Gasteiger partial charge in [-0.3, -0.25) is 0 Å². The van der Waals surface area contributed by atoms with E-state index in [-0.39, 0.29) is 6.04 Å². The molecule has 0 radical (unpaired) electrons. The predicted molar refractivity (Wildman–Crippen MR) is 37.0 cm³/mol. The van der Waals surface area contributed by atoms with Crippen LogP contribution >= 0.6 is 0 Å². The largest absolute Gasteiger partial charge is 0.304 e. The standard InChI is InChI=1S/C6H12N2/c1-4-6(3)8-7-5-2/h4-6,8H,1H2,2-3H3. The van der Waals surface area contributed by atoms with Crippen molar-refractivity contribution >= 4 is 6.21 Å². The molecule has 0 saturated heterocycles. The molecule has 2 heteroatoms. The molecule has 0 spiro atoms. The summed E-state index contributed by atoms with van der Waals surface area (Å²) in [5, 5.41) is 3.80.